The molecule has 0 saturated carbocycles. The fourth-order valence-electron chi connectivity index (χ4n) is 6.82. The van der Waals surface area contributed by atoms with Gasteiger partial charge in [-0.15, -0.1) is 0 Å². The van der Waals surface area contributed by atoms with Gasteiger partial charge in [-0.1, -0.05) is 91.9 Å². The van der Waals surface area contributed by atoms with Crippen LogP contribution in [0.4, 0.5) is 11.4 Å². The van der Waals surface area contributed by atoms with Gasteiger partial charge in [0.15, 0.2) is 0 Å². The zero-order valence-electron chi connectivity index (χ0n) is 29.9. The smallest absolute Gasteiger partial charge is 0.273 e. The largest absolute Gasteiger partial charge is 0.328 e. The summed E-state index contributed by atoms with van der Waals surface area (Å²) < 4.78 is 0. The SMILES string of the molecule is CCCN(CC(=O)Nc1ccc(/C=C/c2ccc(NC(=O)C3CCCN3C(=O)c3nccc4ccccc34)cc2)cc1)C(=O)c1nccc2ccccc12. The lowest BCUT2D eigenvalue weighted by Crippen LogP contribution is -2.43. The van der Waals surface area contributed by atoms with Crippen LogP contribution in [0.5, 0.6) is 0 Å². The van der Waals surface area contributed by atoms with Gasteiger partial charge in [-0.05, 0) is 77.6 Å². The monoisotopic (exact) mass is 716 g/mol. The first kappa shape index (κ1) is 35.7. The first-order valence-electron chi connectivity index (χ1n) is 18.1. The number of pyridine rings is 2. The van der Waals surface area contributed by atoms with E-state index < -0.39 is 6.04 Å². The fraction of sp³-hybridized carbons (Fsp3) is 0.182. The molecule has 1 unspecified atom stereocenters. The van der Waals surface area contributed by atoms with E-state index in [-0.39, 0.29) is 30.2 Å². The molecule has 6 aromatic rings. The van der Waals surface area contributed by atoms with E-state index in [9.17, 15) is 19.2 Å². The number of anilines is 2. The third-order valence-corrected chi connectivity index (χ3v) is 9.52. The Labute approximate surface area is 313 Å². The molecule has 4 amide bonds. The van der Waals surface area contributed by atoms with Crippen molar-refractivity contribution in [1.29, 1.82) is 0 Å². The van der Waals surface area contributed by atoms with E-state index in [1.165, 1.54) is 4.90 Å². The van der Waals surface area contributed by atoms with Crippen LogP contribution in [0, 0.1) is 0 Å². The second kappa shape index (κ2) is 16.3. The number of nitrogens with zero attached hydrogens (tertiary/aromatic N) is 4. The van der Waals surface area contributed by atoms with Crippen molar-refractivity contribution in [1.82, 2.24) is 19.8 Å². The van der Waals surface area contributed by atoms with Crippen LogP contribution < -0.4 is 10.6 Å². The number of carbonyl (C=O) groups excluding carboxylic acids is 4. The van der Waals surface area contributed by atoms with Crippen LogP contribution >= 0.6 is 0 Å². The van der Waals surface area contributed by atoms with Gasteiger partial charge in [-0.25, -0.2) is 0 Å². The molecule has 3 heterocycles. The predicted molar refractivity (Wildman–Crippen MR) is 213 cm³/mol. The quantitative estimate of drug-likeness (QED) is 0.133. The van der Waals surface area contributed by atoms with Crippen LogP contribution in [-0.4, -0.2) is 69.1 Å². The van der Waals surface area contributed by atoms with Gasteiger partial charge in [0.25, 0.3) is 11.8 Å². The fourth-order valence-corrected chi connectivity index (χ4v) is 6.82. The molecule has 0 bridgehead atoms. The van der Waals surface area contributed by atoms with Crippen molar-refractivity contribution >= 4 is 68.7 Å². The Kier molecular flexibility index (Phi) is 10.8. The number of aromatic nitrogens is 2. The van der Waals surface area contributed by atoms with E-state index in [4.69, 9.17) is 0 Å². The molecule has 2 aromatic heterocycles. The Balaban J connectivity index is 0.925. The van der Waals surface area contributed by atoms with Gasteiger partial charge in [0, 0.05) is 47.6 Å². The number of benzene rings is 4. The van der Waals surface area contributed by atoms with Crippen LogP contribution in [-0.2, 0) is 9.59 Å². The van der Waals surface area contributed by atoms with Crippen molar-refractivity contribution in [3.63, 3.8) is 0 Å². The number of amides is 4. The third kappa shape index (κ3) is 8.03. The molecular weight excluding hydrogens is 677 g/mol. The van der Waals surface area contributed by atoms with Gasteiger partial charge in [-0.3, -0.25) is 29.1 Å². The summed E-state index contributed by atoms with van der Waals surface area (Å²) in [6.07, 6.45) is 9.21. The molecule has 7 rings (SSSR count). The highest BCUT2D eigenvalue weighted by atomic mass is 16.2. The Morgan fingerprint density at radius 2 is 1.28 bits per heavy atom. The minimum Gasteiger partial charge on any atom is -0.328 e. The molecule has 1 aliphatic heterocycles. The highest BCUT2D eigenvalue weighted by Crippen LogP contribution is 2.25. The molecule has 0 radical (unpaired) electrons. The number of hydrogen-bond donors (Lipinski definition) is 2. The molecule has 1 fully saturated rings. The van der Waals surface area contributed by atoms with Crippen molar-refractivity contribution in [3.05, 3.63) is 144 Å². The Hall–Kier alpha value is -6.68. The highest BCUT2D eigenvalue weighted by molar-refractivity contribution is 6.08. The van der Waals surface area contributed by atoms with Crippen molar-refractivity contribution < 1.29 is 19.2 Å². The molecule has 2 N–H and O–H groups in total. The number of fused-ring (bicyclic) bond motifs is 2. The van der Waals surface area contributed by atoms with E-state index in [2.05, 4.69) is 20.6 Å². The predicted octanol–water partition coefficient (Wildman–Crippen LogP) is 7.69. The average molecular weight is 717 g/mol. The summed E-state index contributed by atoms with van der Waals surface area (Å²) in [5.41, 5.74) is 3.84. The molecule has 0 aliphatic carbocycles. The minimum absolute atomic E-state index is 0.0880. The van der Waals surface area contributed by atoms with Gasteiger partial charge in [0.05, 0.1) is 0 Å². The minimum atomic E-state index is -0.573. The first-order valence-corrected chi connectivity index (χ1v) is 18.1. The summed E-state index contributed by atoms with van der Waals surface area (Å²) >= 11 is 0. The zero-order valence-corrected chi connectivity index (χ0v) is 29.9. The Bertz CT molecular complexity index is 2350. The molecule has 10 nitrogen and oxygen atoms in total. The van der Waals surface area contributed by atoms with Crippen molar-refractivity contribution in [3.8, 4) is 0 Å². The molecule has 0 spiro atoms. The van der Waals surface area contributed by atoms with Crippen LogP contribution in [0.25, 0.3) is 33.7 Å². The molecule has 270 valence electrons. The molecule has 1 aliphatic rings. The van der Waals surface area contributed by atoms with E-state index in [0.717, 1.165) is 39.1 Å². The molecule has 1 saturated heterocycles. The zero-order chi connectivity index (χ0) is 37.4. The second-order valence-electron chi connectivity index (χ2n) is 13.3. The number of carbonyl (C=O) groups is 4. The number of hydrogen-bond acceptors (Lipinski definition) is 6. The highest BCUT2D eigenvalue weighted by Gasteiger charge is 2.35. The van der Waals surface area contributed by atoms with Gasteiger partial charge in [0.2, 0.25) is 11.8 Å². The van der Waals surface area contributed by atoms with Gasteiger partial charge >= 0.3 is 0 Å². The van der Waals surface area contributed by atoms with Gasteiger partial charge < -0.3 is 20.4 Å². The molecule has 1 atom stereocenters. The lowest BCUT2D eigenvalue weighted by atomic mass is 10.1. The summed E-state index contributed by atoms with van der Waals surface area (Å²) in [5.74, 6) is -1.02. The molecular formula is C44H40N6O4. The summed E-state index contributed by atoms with van der Waals surface area (Å²) in [6, 6.07) is 33.3. The second-order valence-corrected chi connectivity index (χ2v) is 13.3. The number of nitrogens with one attached hydrogen (secondary N) is 2. The van der Waals surface area contributed by atoms with Crippen LogP contribution in [0.15, 0.2) is 122 Å². The van der Waals surface area contributed by atoms with E-state index >= 15 is 0 Å². The van der Waals surface area contributed by atoms with E-state index in [1.807, 2.05) is 128 Å². The number of rotatable bonds is 11. The van der Waals surface area contributed by atoms with E-state index in [1.54, 1.807) is 17.3 Å². The average Bonchev–Trinajstić information content (AvgIpc) is 3.71. The maximum absolute atomic E-state index is 13.5. The molecule has 10 heteroatoms. The number of likely N-dealkylation sites (tertiary alicyclic amines) is 1. The Morgan fingerprint density at radius 3 is 1.89 bits per heavy atom. The summed E-state index contributed by atoms with van der Waals surface area (Å²) in [7, 11) is 0. The third-order valence-electron chi connectivity index (χ3n) is 9.52. The van der Waals surface area contributed by atoms with Gasteiger partial charge in [0.1, 0.15) is 24.0 Å². The van der Waals surface area contributed by atoms with Gasteiger partial charge in [-0.2, -0.15) is 0 Å². The summed E-state index contributed by atoms with van der Waals surface area (Å²) in [4.78, 5) is 65.2. The summed E-state index contributed by atoms with van der Waals surface area (Å²) in [5, 5.41) is 9.28. The summed E-state index contributed by atoms with van der Waals surface area (Å²) in [6.45, 7) is 2.81. The van der Waals surface area contributed by atoms with Crippen molar-refractivity contribution in [2.75, 3.05) is 30.3 Å². The molecule has 54 heavy (non-hydrogen) atoms. The lowest BCUT2D eigenvalue weighted by Gasteiger charge is -2.24. The maximum atomic E-state index is 13.5. The maximum Gasteiger partial charge on any atom is 0.273 e. The standard InChI is InChI=1S/C44H40N6O4/c1-2-27-49(43(53)40-36-10-5-3-8-32(36)23-25-45-40)29-39(51)47-34-19-15-30(16-20-34)13-14-31-17-21-35(22-18-31)48-42(52)38-12-7-28-50(38)44(54)41-37-11-6-4-9-33(37)24-26-46-41/h3-6,8-11,13-26,38H,2,7,12,27-29H2,1H3,(H,47,51)(H,48,52)/b14-13+. The Morgan fingerprint density at radius 1 is 0.722 bits per heavy atom. The first-order chi connectivity index (χ1) is 26.4. The normalized spacial score (nSPS) is 14.0. The van der Waals surface area contributed by atoms with Crippen LogP contribution in [0.3, 0.4) is 0 Å². The lowest BCUT2D eigenvalue weighted by molar-refractivity contribution is -0.119. The van der Waals surface area contributed by atoms with E-state index in [0.29, 0.717) is 48.7 Å². The van der Waals surface area contributed by atoms with Crippen molar-refractivity contribution in [2.24, 2.45) is 0 Å². The van der Waals surface area contributed by atoms with Crippen LogP contribution in [0.1, 0.15) is 58.3 Å². The topological polar surface area (TPSA) is 125 Å². The van der Waals surface area contributed by atoms with Crippen molar-refractivity contribution in [2.45, 2.75) is 32.2 Å². The molecule has 4 aromatic carbocycles. The van der Waals surface area contributed by atoms with Crippen LogP contribution in [0.2, 0.25) is 0 Å².